The zero-order valence-electron chi connectivity index (χ0n) is 11.0. The number of benzene rings is 1. The molecule has 1 aromatic carbocycles. The lowest BCUT2D eigenvalue weighted by atomic mass is 9.71. The van der Waals surface area contributed by atoms with Crippen LogP contribution in [-0.4, -0.2) is 18.3 Å². The highest BCUT2D eigenvalue weighted by Gasteiger charge is 2.43. The summed E-state index contributed by atoms with van der Waals surface area (Å²) in [4.78, 5) is 14.6. The van der Waals surface area contributed by atoms with Crippen LogP contribution in [-0.2, 0) is 16.8 Å². The van der Waals surface area contributed by atoms with Gasteiger partial charge in [-0.15, -0.1) is 0 Å². The zero-order chi connectivity index (χ0) is 14.0. The van der Waals surface area contributed by atoms with Crippen molar-refractivity contribution in [3.63, 3.8) is 0 Å². The van der Waals surface area contributed by atoms with Gasteiger partial charge in [-0.2, -0.15) is 4.99 Å². The second-order valence-electron chi connectivity index (χ2n) is 4.72. The number of nitrogens with zero attached hydrogens (tertiary/aromatic N) is 1. The van der Waals surface area contributed by atoms with Crippen molar-refractivity contribution >= 4 is 17.7 Å². The Hall–Kier alpha value is -1.51. The van der Waals surface area contributed by atoms with Crippen LogP contribution in [0.15, 0.2) is 11.1 Å². The summed E-state index contributed by atoms with van der Waals surface area (Å²) < 4.78 is 5.18. The van der Waals surface area contributed by atoms with E-state index < -0.39 is 5.54 Å². The first-order valence-electron chi connectivity index (χ1n) is 6.27. The van der Waals surface area contributed by atoms with Crippen molar-refractivity contribution < 1.29 is 14.6 Å². The van der Waals surface area contributed by atoms with Gasteiger partial charge in [0.15, 0.2) is 11.5 Å². The third kappa shape index (κ3) is 2.11. The Labute approximate surface area is 117 Å². The molecule has 0 saturated heterocycles. The normalized spacial score (nSPS) is 16.4. The molecule has 102 valence electrons. The minimum absolute atomic E-state index is 0.0246. The molecule has 4 nitrogen and oxygen atoms in total. The van der Waals surface area contributed by atoms with E-state index in [9.17, 15) is 9.90 Å². The molecule has 0 atom stereocenters. The highest BCUT2D eigenvalue weighted by atomic mass is 35.5. The first-order chi connectivity index (χ1) is 9.09. The Bertz CT molecular complexity index is 518. The summed E-state index contributed by atoms with van der Waals surface area (Å²) >= 11 is 6.37. The molecule has 1 N–H and O–H groups in total. The first-order valence-corrected chi connectivity index (χ1v) is 6.65. The number of aliphatic imine (C=N–C) groups is 1. The van der Waals surface area contributed by atoms with Gasteiger partial charge in [0.2, 0.25) is 6.08 Å². The highest BCUT2D eigenvalue weighted by molar-refractivity contribution is 6.32. The van der Waals surface area contributed by atoms with Gasteiger partial charge in [0.1, 0.15) is 5.54 Å². The zero-order valence-corrected chi connectivity index (χ0v) is 11.8. The van der Waals surface area contributed by atoms with Gasteiger partial charge in [-0.3, -0.25) is 0 Å². The number of carbonyl (C=O) groups excluding carboxylic acids is 1. The molecule has 0 radical (unpaired) electrons. The summed E-state index contributed by atoms with van der Waals surface area (Å²) in [5, 5.41) is 10.8. The predicted molar refractivity (Wildman–Crippen MR) is 72.7 cm³/mol. The molecule has 1 saturated carbocycles. The van der Waals surface area contributed by atoms with E-state index >= 15 is 0 Å². The Morgan fingerprint density at radius 1 is 1.58 bits per heavy atom. The van der Waals surface area contributed by atoms with Gasteiger partial charge in [-0.05, 0) is 37.3 Å². The fourth-order valence-electron chi connectivity index (χ4n) is 2.53. The average molecular weight is 282 g/mol. The largest absolute Gasteiger partial charge is 0.504 e. The van der Waals surface area contributed by atoms with E-state index in [1.165, 1.54) is 7.11 Å². The van der Waals surface area contributed by atoms with Crippen molar-refractivity contribution in [1.29, 1.82) is 0 Å². The Kier molecular flexibility index (Phi) is 3.83. The fourth-order valence-corrected chi connectivity index (χ4v) is 2.99. The smallest absolute Gasteiger partial charge is 0.235 e. The number of aromatic hydroxyl groups is 1. The Balaban J connectivity index is 2.70. The lowest BCUT2D eigenvalue weighted by molar-refractivity contribution is 0.244. The maximum absolute atomic E-state index is 10.7. The third-order valence-electron chi connectivity index (χ3n) is 3.78. The maximum atomic E-state index is 10.7. The van der Waals surface area contributed by atoms with Crippen LogP contribution < -0.4 is 4.74 Å². The van der Waals surface area contributed by atoms with Gasteiger partial charge in [0.25, 0.3) is 0 Å². The van der Waals surface area contributed by atoms with Gasteiger partial charge in [-0.1, -0.05) is 18.5 Å². The fraction of sp³-hybridized carbons (Fsp3) is 0.500. The van der Waals surface area contributed by atoms with E-state index in [0.29, 0.717) is 35.6 Å². The van der Waals surface area contributed by atoms with Gasteiger partial charge in [-0.25, -0.2) is 4.79 Å². The SMILES string of the molecule is CCc1cc(OC)c(O)c(C2(N=C=O)CCC2)c1Cl. The van der Waals surface area contributed by atoms with Gasteiger partial charge in [0, 0.05) is 5.56 Å². The minimum Gasteiger partial charge on any atom is -0.504 e. The molecule has 2 rings (SSSR count). The summed E-state index contributed by atoms with van der Waals surface area (Å²) in [7, 11) is 1.49. The molecule has 5 heteroatoms. The number of hydrogen-bond donors (Lipinski definition) is 1. The van der Waals surface area contributed by atoms with Crippen LogP contribution in [0.3, 0.4) is 0 Å². The monoisotopic (exact) mass is 281 g/mol. The molecule has 0 unspecified atom stereocenters. The number of phenols is 1. The van der Waals surface area contributed by atoms with Crippen molar-refractivity contribution in [2.45, 2.75) is 38.1 Å². The highest BCUT2D eigenvalue weighted by Crippen LogP contribution is 2.53. The van der Waals surface area contributed by atoms with Gasteiger partial charge < -0.3 is 9.84 Å². The third-order valence-corrected chi connectivity index (χ3v) is 4.22. The van der Waals surface area contributed by atoms with Crippen LogP contribution in [0.1, 0.15) is 37.3 Å². The lowest BCUT2D eigenvalue weighted by Gasteiger charge is -2.38. The van der Waals surface area contributed by atoms with Crippen molar-refractivity contribution in [1.82, 2.24) is 0 Å². The van der Waals surface area contributed by atoms with E-state index in [0.717, 1.165) is 12.0 Å². The van der Waals surface area contributed by atoms with Crippen LogP contribution >= 0.6 is 11.6 Å². The number of ether oxygens (including phenoxy) is 1. The molecule has 1 aliphatic rings. The molecule has 1 aromatic rings. The summed E-state index contributed by atoms with van der Waals surface area (Å²) in [5.41, 5.74) is 0.639. The lowest BCUT2D eigenvalue weighted by Crippen LogP contribution is -2.32. The minimum atomic E-state index is -0.735. The second kappa shape index (κ2) is 5.24. The predicted octanol–water partition coefficient (Wildman–Crippen LogP) is 3.33. The van der Waals surface area contributed by atoms with Crippen LogP contribution in [0.25, 0.3) is 0 Å². The first kappa shape index (κ1) is 13.9. The molecular formula is C14H16ClNO3. The topological polar surface area (TPSA) is 58.9 Å². The van der Waals surface area contributed by atoms with Crippen LogP contribution in [0.4, 0.5) is 0 Å². The maximum Gasteiger partial charge on any atom is 0.235 e. The van der Waals surface area contributed by atoms with Crippen LogP contribution in [0, 0.1) is 0 Å². The molecule has 0 amide bonds. The second-order valence-corrected chi connectivity index (χ2v) is 5.10. The van der Waals surface area contributed by atoms with E-state index in [2.05, 4.69) is 4.99 Å². The molecule has 1 aliphatic carbocycles. The van der Waals surface area contributed by atoms with Crippen molar-refractivity contribution in [2.24, 2.45) is 4.99 Å². The van der Waals surface area contributed by atoms with E-state index in [1.54, 1.807) is 12.1 Å². The number of halogens is 1. The van der Waals surface area contributed by atoms with E-state index in [-0.39, 0.29) is 5.75 Å². The van der Waals surface area contributed by atoms with Crippen molar-refractivity contribution in [3.8, 4) is 11.5 Å². The molecule has 0 aromatic heterocycles. The molecule has 0 spiro atoms. The molecular weight excluding hydrogens is 266 g/mol. The number of isocyanates is 1. The standard InChI is InChI=1S/C14H16ClNO3/c1-3-9-7-10(19-2)13(18)11(12(9)15)14(16-8-17)5-4-6-14/h7,18H,3-6H2,1-2H3. The van der Waals surface area contributed by atoms with Crippen LogP contribution in [0.5, 0.6) is 11.5 Å². The summed E-state index contributed by atoms with van der Waals surface area (Å²) in [5.74, 6) is 0.340. The molecule has 0 aliphatic heterocycles. The molecule has 0 heterocycles. The molecule has 0 bridgehead atoms. The van der Waals surface area contributed by atoms with Gasteiger partial charge in [0.05, 0.1) is 12.1 Å². The van der Waals surface area contributed by atoms with Crippen molar-refractivity contribution in [3.05, 3.63) is 22.2 Å². The van der Waals surface area contributed by atoms with Crippen LogP contribution in [0.2, 0.25) is 5.02 Å². The molecule has 1 fully saturated rings. The van der Waals surface area contributed by atoms with E-state index in [1.807, 2.05) is 6.92 Å². The number of hydrogen-bond acceptors (Lipinski definition) is 4. The number of methoxy groups -OCH3 is 1. The van der Waals surface area contributed by atoms with Crippen molar-refractivity contribution in [2.75, 3.05) is 7.11 Å². The van der Waals surface area contributed by atoms with Gasteiger partial charge >= 0.3 is 0 Å². The number of phenolic OH excluding ortho intramolecular Hbond substituents is 1. The molecule has 19 heavy (non-hydrogen) atoms. The summed E-state index contributed by atoms with van der Waals surface area (Å²) in [6.45, 7) is 1.97. The Morgan fingerprint density at radius 2 is 2.26 bits per heavy atom. The number of rotatable bonds is 4. The summed E-state index contributed by atoms with van der Waals surface area (Å²) in [6.07, 6.45) is 4.63. The number of aryl methyl sites for hydroxylation is 1. The quantitative estimate of drug-likeness (QED) is 0.680. The Morgan fingerprint density at radius 3 is 2.68 bits per heavy atom. The van der Waals surface area contributed by atoms with E-state index in [4.69, 9.17) is 16.3 Å². The summed E-state index contributed by atoms with van der Waals surface area (Å²) in [6, 6.07) is 1.72. The average Bonchev–Trinajstić information content (AvgIpc) is 2.36.